The Balaban J connectivity index is 2.02. The van der Waals surface area contributed by atoms with Gasteiger partial charge in [0.1, 0.15) is 0 Å². The first-order valence-electron chi connectivity index (χ1n) is 6.54. The average Bonchev–Trinajstić information content (AvgIpc) is 2.99. The molecule has 0 aromatic rings. The Labute approximate surface area is 100 Å². The molecule has 0 unspecified atom stereocenters. The highest BCUT2D eigenvalue weighted by Crippen LogP contribution is 2.30. The zero-order chi connectivity index (χ0) is 11.1. The molecule has 0 saturated heterocycles. The fourth-order valence-corrected chi connectivity index (χ4v) is 2.14. The largest absolute Gasteiger partial charge is 0.301 e. The molecular formula is C13H26ClN. The third kappa shape index (κ3) is 6.42. The molecule has 0 heterocycles. The summed E-state index contributed by atoms with van der Waals surface area (Å²) >= 11 is 5.66. The van der Waals surface area contributed by atoms with Gasteiger partial charge in [0.2, 0.25) is 0 Å². The maximum atomic E-state index is 5.66. The first kappa shape index (κ1) is 13.3. The van der Waals surface area contributed by atoms with E-state index in [0.717, 1.165) is 17.8 Å². The van der Waals surface area contributed by atoms with Crippen molar-refractivity contribution in [1.29, 1.82) is 0 Å². The molecule has 2 heteroatoms. The topological polar surface area (TPSA) is 3.24 Å². The van der Waals surface area contributed by atoms with E-state index in [1.807, 2.05) is 0 Å². The van der Waals surface area contributed by atoms with Crippen LogP contribution in [0.3, 0.4) is 0 Å². The molecule has 1 saturated carbocycles. The van der Waals surface area contributed by atoms with E-state index in [0.29, 0.717) is 0 Å². The molecule has 15 heavy (non-hydrogen) atoms. The molecule has 0 aromatic heterocycles. The lowest BCUT2D eigenvalue weighted by Crippen LogP contribution is -2.33. The number of nitrogens with zero attached hydrogens (tertiary/aromatic N) is 1. The Morgan fingerprint density at radius 3 is 2.33 bits per heavy atom. The predicted octanol–water partition coefficient (Wildman–Crippen LogP) is 3.91. The van der Waals surface area contributed by atoms with E-state index in [4.69, 9.17) is 11.6 Å². The van der Waals surface area contributed by atoms with Crippen LogP contribution in [0.15, 0.2) is 0 Å². The van der Waals surface area contributed by atoms with Crippen molar-refractivity contribution >= 4 is 11.6 Å². The van der Waals surface area contributed by atoms with Crippen molar-refractivity contribution in [2.75, 3.05) is 19.0 Å². The van der Waals surface area contributed by atoms with Gasteiger partial charge in [0, 0.05) is 18.5 Å². The SMILES string of the molecule is CC(C)N(CCCCCCCl)CC1CC1. The van der Waals surface area contributed by atoms with E-state index < -0.39 is 0 Å². The van der Waals surface area contributed by atoms with Gasteiger partial charge in [-0.1, -0.05) is 12.8 Å². The van der Waals surface area contributed by atoms with Crippen LogP contribution in [-0.4, -0.2) is 29.9 Å². The lowest BCUT2D eigenvalue weighted by molar-refractivity contribution is 0.208. The normalized spacial score (nSPS) is 16.6. The third-order valence-electron chi connectivity index (χ3n) is 3.25. The number of hydrogen-bond acceptors (Lipinski definition) is 1. The van der Waals surface area contributed by atoms with Crippen LogP contribution in [0.25, 0.3) is 0 Å². The van der Waals surface area contributed by atoms with Crippen molar-refractivity contribution in [2.24, 2.45) is 5.92 Å². The molecule has 0 radical (unpaired) electrons. The molecule has 1 rings (SSSR count). The molecule has 0 aromatic carbocycles. The van der Waals surface area contributed by atoms with Crippen LogP contribution in [-0.2, 0) is 0 Å². The third-order valence-corrected chi connectivity index (χ3v) is 3.52. The van der Waals surface area contributed by atoms with E-state index in [1.54, 1.807) is 0 Å². The van der Waals surface area contributed by atoms with E-state index in [9.17, 15) is 0 Å². The molecule has 1 nitrogen and oxygen atoms in total. The minimum atomic E-state index is 0.721. The van der Waals surface area contributed by atoms with Crippen molar-refractivity contribution in [3.05, 3.63) is 0 Å². The summed E-state index contributed by atoms with van der Waals surface area (Å²) in [5.41, 5.74) is 0. The lowest BCUT2D eigenvalue weighted by Gasteiger charge is -2.26. The summed E-state index contributed by atoms with van der Waals surface area (Å²) in [7, 11) is 0. The minimum Gasteiger partial charge on any atom is -0.301 e. The summed E-state index contributed by atoms with van der Waals surface area (Å²) in [6.45, 7) is 7.27. The molecule has 0 atom stereocenters. The van der Waals surface area contributed by atoms with Crippen molar-refractivity contribution in [2.45, 2.75) is 58.4 Å². The van der Waals surface area contributed by atoms with Gasteiger partial charge in [-0.2, -0.15) is 0 Å². The fourth-order valence-electron chi connectivity index (χ4n) is 1.96. The van der Waals surface area contributed by atoms with Gasteiger partial charge in [-0.3, -0.25) is 0 Å². The van der Waals surface area contributed by atoms with E-state index in [1.165, 1.54) is 51.6 Å². The summed E-state index contributed by atoms with van der Waals surface area (Å²) in [5.74, 6) is 1.85. The number of rotatable bonds is 9. The van der Waals surface area contributed by atoms with Crippen LogP contribution in [0.4, 0.5) is 0 Å². The Morgan fingerprint density at radius 1 is 1.13 bits per heavy atom. The zero-order valence-corrected chi connectivity index (χ0v) is 11.1. The van der Waals surface area contributed by atoms with Gasteiger partial charge in [0.25, 0.3) is 0 Å². The van der Waals surface area contributed by atoms with Crippen LogP contribution in [0.5, 0.6) is 0 Å². The predicted molar refractivity (Wildman–Crippen MR) is 68.6 cm³/mol. The molecule has 90 valence electrons. The van der Waals surface area contributed by atoms with Crippen molar-refractivity contribution in [3.63, 3.8) is 0 Å². The lowest BCUT2D eigenvalue weighted by atomic mass is 10.2. The highest BCUT2D eigenvalue weighted by molar-refractivity contribution is 6.17. The quantitative estimate of drug-likeness (QED) is 0.430. The highest BCUT2D eigenvalue weighted by atomic mass is 35.5. The molecule has 0 amide bonds. The molecule has 1 aliphatic carbocycles. The molecular weight excluding hydrogens is 206 g/mol. The molecule has 1 aliphatic rings. The first-order chi connectivity index (χ1) is 7.24. The Morgan fingerprint density at radius 2 is 1.80 bits per heavy atom. The van der Waals surface area contributed by atoms with Gasteiger partial charge < -0.3 is 4.90 Å². The summed E-state index contributed by atoms with van der Waals surface area (Å²) < 4.78 is 0. The molecule has 0 spiro atoms. The minimum absolute atomic E-state index is 0.721. The van der Waals surface area contributed by atoms with Gasteiger partial charge in [-0.05, 0) is 52.0 Å². The van der Waals surface area contributed by atoms with Crippen LogP contribution in [0.2, 0.25) is 0 Å². The van der Waals surface area contributed by atoms with Crippen molar-refractivity contribution in [3.8, 4) is 0 Å². The standard InChI is InChI=1S/C13H26ClN/c1-12(2)15(11-13-7-8-13)10-6-4-3-5-9-14/h12-13H,3-11H2,1-2H3. The summed E-state index contributed by atoms with van der Waals surface area (Å²) in [6.07, 6.45) is 8.12. The van der Waals surface area contributed by atoms with Gasteiger partial charge in [-0.25, -0.2) is 0 Å². The van der Waals surface area contributed by atoms with Crippen LogP contribution in [0, 0.1) is 5.92 Å². The van der Waals surface area contributed by atoms with E-state index >= 15 is 0 Å². The second-order valence-electron chi connectivity index (χ2n) is 5.14. The molecule has 1 fully saturated rings. The number of halogens is 1. The second-order valence-corrected chi connectivity index (χ2v) is 5.51. The van der Waals surface area contributed by atoms with Gasteiger partial charge in [0.15, 0.2) is 0 Å². The summed E-state index contributed by atoms with van der Waals surface area (Å²) in [4.78, 5) is 2.65. The monoisotopic (exact) mass is 231 g/mol. The summed E-state index contributed by atoms with van der Waals surface area (Å²) in [6, 6.07) is 0.721. The first-order valence-corrected chi connectivity index (χ1v) is 7.07. The molecule has 0 N–H and O–H groups in total. The number of unbranched alkanes of at least 4 members (excludes halogenated alkanes) is 3. The van der Waals surface area contributed by atoms with Crippen LogP contribution < -0.4 is 0 Å². The van der Waals surface area contributed by atoms with E-state index in [2.05, 4.69) is 18.7 Å². The van der Waals surface area contributed by atoms with Gasteiger partial charge >= 0.3 is 0 Å². The van der Waals surface area contributed by atoms with Crippen LogP contribution >= 0.6 is 11.6 Å². The highest BCUT2D eigenvalue weighted by Gasteiger charge is 2.24. The van der Waals surface area contributed by atoms with Crippen LogP contribution in [0.1, 0.15) is 52.4 Å². The van der Waals surface area contributed by atoms with Gasteiger partial charge in [0.05, 0.1) is 0 Å². The fraction of sp³-hybridized carbons (Fsp3) is 1.00. The Bertz CT molecular complexity index is 155. The number of hydrogen-bond donors (Lipinski definition) is 0. The Hall–Kier alpha value is 0.250. The maximum absolute atomic E-state index is 5.66. The average molecular weight is 232 g/mol. The van der Waals surface area contributed by atoms with Crippen molar-refractivity contribution in [1.82, 2.24) is 4.90 Å². The molecule has 0 bridgehead atoms. The maximum Gasteiger partial charge on any atom is 0.0223 e. The summed E-state index contributed by atoms with van der Waals surface area (Å²) in [5, 5.41) is 0. The second kappa shape index (κ2) is 7.51. The Kier molecular flexibility index (Phi) is 6.67. The van der Waals surface area contributed by atoms with Gasteiger partial charge in [-0.15, -0.1) is 11.6 Å². The van der Waals surface area contributed by atoms with Crippen molar-refractivity contribution < 1.29 is 0 Å². The number of alkyl halides is 1. The molecule has 0 aliphatic heterocycles. The van der Waals surface area contributed by atoms with E-state index in [-0.39, 0.29) is 0 Å². The smallest absolute Gasteiger partial charge is 0.0223 e. The zero-order valence-electron chi connectivity index (χ0n) is 10.3.